The van der Waals surface area contributed by atoms with Crippen molar-refractivity contribution in [2.75, 3.05) is 37.0 Å². The van der Waals surface area contributed by atoms with Crippen molar-refractivity contribution in [3.63, 3.8) is 0 Å². The fourth-order valence-electron chi connectivity index (χ4n) is 4.75. The van der Waals surface area contributed by atoms with E-state index in [1.807, 2.05) is 13.0 Å². The van der Waals surface area contributed by atoms with Crippen LogP contribution in [0.3, 0.4) is 0 Å². The number of nitrogens with zero attached hydrogens (tertiary/aromatic N) is 3. The summed E-state index contributed by atoms with van der Waals surface area (Å²) in [6, 6.07) is 11.6. The number of hydrogen-bond acceptors (Lipinski definition) is 6. The van der Waals surface area contributed by atoms with Crippen LogP contribution in [0.1, 0.15) is 52.5 Å². The number of hydrogen-bond donors (Lipinski definition) is 1. The number of rotatable bonds is 8. The van der Waals surface area contributed by atoms with Gasteiger partial charge in [0.15, 0.2) is 5.82 Å². The van der Waals surface area contributed by atoms with Gasteiger partial charge in [-0.05, 0) is 81.8 Å². The molecule has 2 aromatic carbocycles. The fourth-order valence-corrected chi connectivity index (χ4v) is 4.75. The molecule has 1 saturated carbocycles. The van der Waals surface area contributed by atoms with Gasteiger partial charge in [0.25, 0.3) is 0 Å². The van der Waals surface area contributed by atoms with Crippen LogP contribution >= 0.6 is 0 Å². The standard InChI is InChI=1S/C30H37FN4O4/c1-6-38-23-15-26(35(18-23)29(37)39-30(2,3)4)28(36)34(5)25-14-22(21-9-7-8-20(12-21)16-32)13-24(27(25)31)33-17-19-10-11-19/h7-9,12-14,19,23,26,33H,6,10-11,15,17-18H2,1-5H3/t23-,26-/m1/s1. The molecule has 0 unspecified atom stereocenters. The topological polar surface area (TPSA) is 94.9 Å². The van der Waals surface area contributed by atoms with E-state index < -0.39 is 29.5 Å². The summed E-state index contributed by atoms with van der Waals surface area (Å²) in [5.74, 6) is -0.470. The van der Waals surface area contributed by atoms with E-state index in [2.05, 4.69) is 11.4 Å². The maximum atomic E-state index is 15.9. The predicted octanol–water partition coefficient (Wildman–Crippen LogP) is 5.56. The van der Waals surface area contributed by atoms with Crippen molar-refractivity contribution in [2.24, 2.45) is 5.92 Å². The second kappa shape index (κ2) is 11.6. The van der Waals surface area contributed by atoms with Gasteiger partial charge in [-0.3, -0.25) is 9.69 Å². The fraction of sp³-hybridized carbons (Fsp3) is 0.500. The third-order valence-electron chi connectivity index (χ3n) is 6.93. The summed E-state index contributed by atoms with van der Waals surface area (Å²) in [5.41, 5.74) is 1.53. The van der Waals surface area contributed by atoms with Crippen LogP contribution in [0.5, 0.6) is 0 Å². The molecule has 0 radical (unpaired) electrons. The van der Waals surface area contributed by atoms with E-state index in [1.54, 1.807) is 51.1 Å². The lowest BCUT2D eigenvalue weighted by Gasteiger charge is -2.30. The highest BCUT2D eigenvalue weighted by Crippen LogP contribution is 2.36. The van der Waals surface area contributed by atoms with Crippen LogP contribution in [0.2, 0.25) is 0 Å². The third kappa shape index (κ3) is 6.87. The molecule has 0 bridgehead atoms. The summed E-state index contributed by atoms with van der Waals surface area (Å²) >= 11 is 0. The number of nitrogens with one attached hydrogen (secondary N) is 1. The molecule has 1 heterocycles. The van der Waals surface area contributed by atoms with Gasteiger partial charge in [0.1, 0.15) is 11.6 Å². The monoisotopic (exact) mass is 536 g/mol. The average molecular weight is 537 g/mol. The lowest BCUT2D eigenvalue weighted by molar-refractivity contribution is -0.122. The summed E-state index contributed by atoms with van der Waals surface area (Å²) in [5, 5.41) is 12.6. The zero-order valence-corrected chi connectivity index (χ0v) is 23.3. The highest BCUT2D eigenvalue weighted by Gasteiger charge is 2.43. The van der Waals surface area contributed by atoms with E-state index in [0.717, 1.165) is 18.4 Å². The number of benzene rings is 2. The summed E-state index contributed by atoms with van der Waals surface area (Å²) in [7, 11) is 1.52. The molecular weight excluding hydrogens is 499 g/mol. The van der Waals surface area contributed by atoms with Gasteiger partial charge in [-0.1, -0.05) is 12.1 Å². The molecule has 4 rings (SSSR count). The van der Waals surface area contributed by atoms with Gasteiger partial charge >= 0.3 is 6.09 Å². The van der Waals surface area contributed by atoms with E-state index in [-0.39, 0.29) is 24.8 Å². The Morgan fingerprint density at radius 1 is 1.21 bits per heavy atom. The van der Waals surface area contributed by atoms with E-state index in [9.17, 15) is 14.9 Å². The second-order valence-corrected chi connectivity index (χ2v) is 11.2. The van der Waals surface area contributed by atoms with Crippen LogP contribution in [0, 0.1) is 23.1 Å². The highest BCUT2D eigenvalue weighted by atomic mass is 19.1. The molecule has 1 N–H and O–H groups in total. The summed E-state index contributed by atoms with van der Waals surface area (Å²) in [6.07, 6.45) is 1.56. The van der Waals surface area contributed by atoms with E-state index in [0.29, 0.717) is 35.9 Å². The molecule has 1 saturated heterocycles. The van der Waals surface area contributed by atoms with E-state index >= 15 is 4.39 Å². The Kier molecular flexibility index (Phi) is 8.45. The maximum Gasteiger partial charge on any atom is 0.411 e. The van der Waals surface area contributed by atoms with Gasteiger partial charge in [-0.2, -0.15) is 5.26 Å². The number of likely N-dealkylation sites (tertiary alicyclic amines) is 1. The molecule has 0 aromatic heterocycles. The number of likely N-dealkylation sites (N-methyl/N-ethyl adjacent to an activating group) is 1. The molecule has 2 atom stereocenters. The van der Waals surface area contributed by atoms with Crippen molar-refractivity contribution in [3.8, 4) is 17.2 Å². The Morgan fingerprint density at radius 2 is 1.95 bits per heavy atom. The van der Waals surface area contributed by atoms with Gasteiger partial charge in [0, 0.05) is 26.6 Å². The molecule has 1 aliphatic heterocycles. The maximum absolute atomic E-state index is 15.9. The Hall–Kier alpha value is -3.64. The van der Waals surface area contributed by atoms with Gasteiger partial charge in [-0.15, -0.1) is 0 Å². The number of carbonyl (C=O) groups is 2. The molecule has 0 spiro atoms. The second-order valence-electron chi connectivity index (χ2n) is 11.2. The smallest absolute Gasteiger partial charge is 0.411 e. The zero-order valence-electron chi connectivity index (χ0n) is 23.3. The number of anilines is 2. The van der Waals surface area contributed by atoms with Crippen molar-refractivity contribution < 1.29 is 23.5 Å². The molecule has 39 heavy (non-hydrogen) atoms. The largest absolute Gasteiger partial charge is 0.444 e. The normalized spacial score (nSPS) is 18.9. The first-order valence-corrected chi connectivity index (χ1v) is 13.5. The first-order chi connectivity index (χ1) is 18.5. The molecule has 208 valence electrons. The molecule has 9 heteroatoms. The number of halogens is 1. The molecule has 2 aromatic rings. The van der Waals surface area contributed by atoms with E-state index in [1.165, 1.54) is 16.8 Å². The number of nitriles is 1. The molecule has 2 fully saturated rings. The first-order valence-electron chi connectivity index (χ1n) is 13.5. The lowest BCUT2D eigenvalue weighted by Crippen LogP contribution is -2.48. The molecule has 2 amide bonds. The Bertz CT molecular complexity index is 1260. The first kappa shape index (κ1) is 28.4. The Balaban J connectivity index is 1.68. The zero-order chi connectivity index (χ0) is 28.3. The van der Waals surface area contributed by atoms with Crippen LogP contribution in [0.4, 0.5) is 20.6 Å². The van der Waals surface area contributed by atoms with Gasteiger partial charge in [0.05, 0.1) is 35.7 Å². The Morgan fingerprint density at radius 3 is 2.59 bits per heavy atom. The summed E-state index contributed by atoms with van der Waals surface area (Å²) in [4.78, 5) is 29.5. The van der Waals surface area contributed by atoms with Crippen molar-refractivity contribution in [2.45, 2.75) is 64.7 Å². The number of amides is 2. The Labute approximate surface area is 229 Å². The molecule has 2 aliphatic rings. The highest BCUT2D eigenvalue weighted by molar-refractivity contribution is 6.00. The minimum Gasteiger partial charge on any atom is -0.444 e. The molecule has 8 nitrogen and oxygen atoms in total. The molecular formula is C30H37FN4O4. The SMILES string of the molecule is CCO[C@@H]1C[C@H](C(=O)N(C)c2cc(-c3cccc(C#N)c3)cc(NCC3CC3)c2F)N(C(=O)OC(C)(C)C)C1. The van der Waals surface area contributed by atoms with Crippen LogP contribution < -0.4 is 10.2 Å². The van der Waals surface area contributed by atoms with Crippen molar-refractivity contribution in [3.05, 3.63) is 47.8 Å². The summed E-state index contributed by atoms with van der Waals surface area (Å²) < 4.78 is 27.2. The third-order valence-corrected chi connectivity index (χ3v) is 6.93. The number of ether oxygens (including phenoxy) is 2. The summed E-state index contributed by atoms with van der Waals surface area (Å²) in [6.45, 7) is 8.45. The minimum atomic E-state index is -0.866. The predicted molar refractivity (Wildman–Crippen MR) is 148 cm³/mol. The van der Waals surface area contributed by atoms with Crippen molar-refractivity contribution >= 4 is 23.4 Å². The van der Waals surface area contributed by atoms with Crippen molar-refractivity contribution in [1.29, 1.82) is 5.26 Å². The molecule has 1 aliphatic carbocycles. The minimum absolute atomic E-state index is 0.0853. The van der Waals surface area contributed by atoms with Gasteiger partial charge in [0.2, 0.25) is 5.91 Å². The lowest BCUT2D eigenvalue weighted by atomic mass is 10.0. The van der Waals surface area contributed by atoms with Crippen LogP contribution in [-0.4, -0.2) is 61.4 Å². The van der Waals surface area contributed by atoms with Gasteiger partial charge in [-0.25, -0.2) is 9.18 Å². The van der Waals surface area contributed by atoms with Crippen LogP contribution in [-0.2, 0) is 14.3 Å². The number of carbonyl (C=O) groups excluding carboxylic acids is 2. The van der Waals surface area contributed by atoms with Crippen LogP contribution in [0.15, 0.2) is 36.4 Å². The van der Waals surface area contributed by atoms with Gasteiger partial charge < -0.3 is 19.7 Å². The average Bonchev–Trinajstić information content (AvgIpc) is 3.63. The van der Waals surface area contributed by atoms with Crippen molar-refractivity contribution in [1.82, 2.24) is 4.90 Å². The van der Waals surface area contributed by atoms with Crippen LogP contribution in [0.25, 0.3) is 11.1 Å². The van der Waals surface area contributed by atoms with E-state index in [4.69, 9.17) is 9.47 Å². The quantitative estimate of drug-likeness (QED) is 0.474.